The van der Waals surface area contributed by atoms with Crippen LogP contribution in [0.4, 0.5) is 5.69 Å². The van der Waals surface area contributed by atoms with Gasteiger partial charge < -0.3 is 20.3 Å². The number of hydrogen-bond acceptors (Lipinski definition) is 4. The van der Waals surface area contributed by atoms with E-state index in [2.05, 4.69) is 10.6 Å². The van der Waals surface area contributed by atoms with Crippen LogP contribution in [0, 0.1) is 29.1 Å². The van der Waals surface area contributed by atoms with Gasteiger partial charge in [0.25, 0.3) is 0 Å². The fourth-order valence-electron chi connectivity index (χ4n) is 7.08. The highest BCUT2D eigenvalue weighted by atomic mass is 32.1. The molecule has 6 nitrogen and oxygen atoms in total. The second-order valence-corrected chi connectivity index (χ2v) is 12.1. The van der Waals surface area contributed by atoms with Crippen LogP contribution in [0.25, 0.3) is 0 Å². The van der Waals surface area contributed by atoms with Crippen molar-refractivity contribution in [3.63, 3.8) is 0 Å². The number of carbonyl (C=O) groups is 2. The molecule has 7 heteroatoms. The zero-order valence-electron chi connectivity index (χ0n) is 21.2. The van der Waals surface area contributed by atoms with Crippen LogP contribution in [-0.2, 0) is 14.3 Å². The van der Waals surface area contributed by atoms with E-state index in [1.807, 2.05) is 52.1 Å². The normalized spacial score (nSPS) is 31.6. The maximum atomic E-state index is 13.4. The molecule has 0 spiro atoms. The highest BCUT2D eigenvalue weighted by Crippen LogP contribution is 2.60. The number of amides is 1. The lowest BCUT2D eigenvalue weighted by atomic mass is 9.49. The van der Waals surface area contributed by atoms with Crippen LogP contribution in [-0.4, -0.2) is 35.5 Å². The molecule has 2 N–H and O–H groups in total. The molecule has 1 aliphatic heterocycles. The number of ether oxygens (including phenoxy) is 1. The predicted molar refractivity (Wildman–Crippen MR) is 140 cm³/mol. The van der Waals surface area contributed by atoms with E-state index in [-0.39, 0.29) is 23.2 Å². The predicted octanol–water partition coefficient (Wildman–Crippen LogP) is 5.18. The average Bonchev–Trinajstić information content (AvgIpc) is 2.80. The van der Waals surface area contributed by atoms with Gasteiger partial charge in [-0.1, -0.05) is 26.0 Å². The minimum atomic E-state index is -0.397. The van der Waals surface area contributed by atoms with E-state index >= 15 is 0 Å². The van der Waals surface area contributed by atoms with Gasteiger partial charge >= 0.3 is 5.97 Å². The molecule has 4 fully saturated rings. The third-order valence-electron chi connectivity index (χ3n) is 8.54. The van der Waals surface area contributed by atoms with Crippen molar-refractivity contribution in [3.8, 4) is 0 Å². The van der Waals surface area contributed by atoms with Gasteiger partial charge in [0, 0.05) is 18.4 Å². The highest BCUT2D eigenvalue weighted by Gasteiger charge is 2.54. The topological polar surface area (TPSA) is 70.7 Å². The summed E-state index contributed by atoms with van der Waals surface area (Å²) >= 11 is 5.51. The van der Waals surface area contributed by atoms with Crippen molar-refractivity contribution in [2.75, 3.05) is 19.0 Å². The number of hydrogen-bond donors (Lipinski definition) is 2. The Bertz CT molecular complexity index is 1030. The molecule has 1 aromatic carbocycles. The van der Waals surface area contributed by atoms with Gasteiger partial charge in [0.1, 0.15) is 0 Å². The number of thiocarbonyl (C=S) groups is 1. The molecule has 35 heavy (non-hydrogen) atoms. The second kappa shape index (κ2) is 9.23. The molecule has 4 aliphatic carbocycles. The van der Waals surface area contributed by atoms with Crippen molar-refractivity contribution >= 4 is 34.9 Å². The maximum absolute atomic E-state index is 13.4. The number of anilines is 1. The summed E-state index contributed by atoms with van der Waals surface area (Å²) in [5.41, 5.74) is 2.88. The summed E-state index contributed by atoms with van der Waals surface area (Å²) in [6, 6.07) is 7.39. The van der Waals surface area contributed by atoms with E-state index in [1.165, 1.54) is 19.3 Å². The van der Waals surface area contributed by atoms with Crippen LogP contribution in [0.2, 0.25) is 0 Å². The number of carbonyl (C=O) groups excluding carboxylic acids is 2. The van der Waals surface area contributed by atoms with Crippen LogP contribution in [0.15, 0.2) is 35.5 Å². The fraction of sp³-hybridized carbons (Fsp3) is 0.607. The molecule has 1 heterocycles. The van der Waals surface area contributed by atoms with Gasteiger partial charge in [-0.05, 0) is 99.0 Å². The van der Waals surface area contributed by atoms with Crippen molar-refractivity contribution in [3.05, 3.63) is 41.1 Å². The summed E-state index contributed by atoms with van der Waals surface area (Å²) in [6.45, 7) is 6.30. The quantitative estimate of drug-likeness (QED) is 0.419. The monoisotopic (exact) mass is 495 g/mol. The molecular weight excluding hydrogens is 458 g/mol. The fourth-order valence-corrected chi connectivity index (χ4v) is 7.34. The van der Waals surface area contributed by atoms with Gasteiger partial charge in [-0.3, -0.25) is 4.79 Å². The van der Waals surface area contributed by atoms with Gasteiger partial charge in [-0.25, -0.2) is 4.79 Å². The van der Waals surface area contributed by atoms with Crippen LogP contribution in [0.5, 0.6) is 0 Å². The summed E-state index contributed by atoms with van der Waals surface area (Å²) < 4.78 is 5.58. The van der Waals surface area contributed by atoms with Gasteiger partial charge in [-0.2, -0.15) is 0 Å². The number of allylic oxidation sites excluding steroid dienone is 1. The Balaban J connectivity index is 1.33. The third-order valence-corrected chi connectivity index (χ3v) is 8.94. The van der Waals surface area contributed by atoms with E-state index in [9.17, 15) is 9.59 Å². The Labute approximate surface area is 213 Å². The first-order valence-corrected chi connectivity index (χ1v) is 13.4. The molecule has 0 aromatic heterocycles. The maximum Gasteiger partial charge on any atom is 0.338 e. The Morgan fingerprint density at radius 3 is 2.23 bits per heavy atom. The highest BCUT2D eigenvalue weighted by molar-refractivity contribution is 7.80. The first kappa shape index (κ1) is 24.3. The third kappa shape index (κ3) is 4.59. The minimum absolute atomic E-state index is 0.178. The van der Waals surface area contributed by atoms with E-state index in [0.717, 1.165) is 54.0 Å². The Morgan fingerprint density at radius 2 is 1.69 bits per heavy atom. The lowest BCUT2D eigenvalue weighted by Gasteiger charge is -2.55. The van der Waals surface area contributed by atoms with Crippen LogP contribution in [0.1, 0.15) is 70.9 Å². The molecular formula is C28H37N3O3S. The molecule has 1 amide bonds. The Kier molecular flexibility index (Phi) is 6.41. The van der Waals surface area contributed by atoms with Gasteiger partial charge in [0.05, 0.1) is 23.6 Å². The van der Waals surface area contributed by atoms with E-state index in [4.69, 9.17) is 17.0 Å². The lowest BCUT2D eigenvalue weighted by molar-refractivity contribution is -0.141. The lowest BCUT2D eigenvalue weighted by Crippen LogP contribution is -2.51. The van der Waals surface area contributed by atoms with Gasteiger partial charge in [0.2, 0.25) is 5.91 Å². The molecule has 4 saturated carbocycles. The summed E-state index contributed by atoms with van der Waals surface area (Å²) in [5, 5.41) is 7.08. The molecule has 4 bridgehead atoms. The van der Waals surface area contributed by atoms with E-state index in [1.54, 1.807) is 4.90 Å². The number of esters is 1. The SMILES string of the molecule is CC1=C(C(=O)OCC(C)C)[C@@H](c2ccc(NC(=O)C34CC5CC(CC(C5)C3)C4)cc2)NC(=S)N1C. The molecule has 188 valence electrons. The van der Waals surface area contributed by atoms with Crippen molar-refractivity contribution in [2.45, 2.75) is 65.3 Å². The Morgan fingerprint density at radius 1 is 1.11 bits per heavy atom. The standard InChI is InChI=1S/C28H37N3O3S/c1-16(2)15-34-25(32)23-17(3)31(4)27(35)30-24(23)21-5-7-22(8-6-21)29-26(33)28-12-18-9-19(13-28)11-20(10-18)14-28/h5-8,16,18-20,24H,9-15H2,1-4H3,(H,29,33)(H,30,35)/t18?,19?,20?,24-,28?/m1/s1. The van der Waals surface area contributed by atoms with E-state index < -0.39 is 6.04 Å². The first-order valence-electron chi connectivity index (χ1n) is 13.0. The number of rotatable bonds is 6. The summed E-state index contributed by atoms with van der Waals surface area (Å²) in [4.78, 5) is 28.3. The van der Waals surface area contributed by atoms with Crippen molar-refractivity contribution in [1.82, 2.24) is 10.2 Å². The molecule has 6 rings (SSSR count). The number of nitrogens with zero attached hydrogens (tertiary/aromatic N) is 1. The van der Waals surface area contributed by atoms with Gasteiger partial charge in [-0.15, -0.1) is 0 Å². The first-order chi connectivity index (χ1) is 16.6. The van der Waals surface area contributed by atoms with Crippen molar-refractivity contribution in [1.29, 1.82) is 0 Å². The summed E-state index contributed by atoms with van der Waals surface area (Å²) in [6.07, 6.45) is 7.11. The van der Waals surface area contributed by atoms with E-state index in [0.29, 0.717) is 17.3 Å². The summed E-state index contributed by atoms with van der Waals surface area (Å²) in [7, 11) is 1.85. The molecule has 1 aromatic rings. The van der Waals surface area contributed by atoms with Crippen LogP contribution < -0.4 is 10.6 Å². The zero-order valence-corrected chi connectivity index (χ0v) is 22.0. The van der Waals surface area contributed by atoms with Crippen LogP contribution >= 0.6 is 12.2 Å². The zero-order chi connectivity index (χ0) is 24.9. The molecule has 0 saturated heterocycles. The molecule has 0 unspecified atom stereocenters. The molecule has 5 aliphatic rings. The van der Waals surface area contributed by atoms with Gasteiger partial charge in [0.15, 0.2) is 5.11 Å². The molecule has 0 radical (unpaired) electrons. The second-order valence-electron chi connectivity index (χ2n) is 11.7. The minimum Gasteiger partial charge on any atom is -0.462 e. The average molecular weight is 496 g/mol. The number of benzene rings is 1. The van der Waals surface area contributed by atoms with Crippen molar-refractivity contribution < 1.29 is 14.3 Å². The smallest absolute Gasteiger partial charge is 0.338 e. The number of nitrogens with one attached hydrogen (secondary N) is 2. The Hall–Kier alpha value is -2.41. The van der Waals surface area contributed by atoms with Crippen LogP contribution in [0.3, 0.4) is 0 Å². The van der Waals surface area contributed by atoms with Crippen molar-refractivity contribution in [2.24, 2.45) is 29.1 Å². The largest absolute Gasteiger partial charge is 0.462 e. The molecule has 1 atom stereocenters. The summed E-state index contributed by atoms with van der Waals surface area (Å²) in [5.74, 6) is 2.32.